The molecule has 0 fully saturated rings. The second-order valence-electron chi connectivity index (χ2n) is 7.37. The maximum atomic E-state index is 12.8. The van der Waals surface area contributed by atoms with E-state index in [4.69, 9.17) is 10.8 Å². The quantitative estimate of drug-likeness (QED) is 0.158. The van der Waals surface area contributed by atoms with Gasteiger partial charge in [-0.1, -0.05) is 12.1 Å². The van der Waals surface area contributed by atoms with Crippen LogP contribution in [0.25, 0.3) is 0 Å². The Hall–Kier alpha value is -3.32. The summed E-state index contributed by atoms with van der Waals surface area (Å²) in [5, 5.41) is 35.1. The number of carbonyl (C=O) groups is 5. The second-order valence-corrected chi connectivity index (χ2v) is 8.35. The molecule has 0 radical (unpaired) electrons. The molecule has 188 valence electrons. The summed E-state index contributed by atoms with van der Waals surface area (Å²) < 4.78 is 0. The number of thioether (sulfide) groups is 1. The highest BCUT2D eigenvalue weighted by Crippen LogP contribution is 2.12. The number of carboxylic acid groups (broad SMARTS) is 2. The number of aliphatic carboxylic acids is 2. The SMILES string of the molecule is CSCCC(NC(=O)CN)C(=O)NC(CCC(=O)O)C(=O)NC(Cc1ccc(O)cc1)C(=O)O. The largest absolute Gasteiger partial charge is 0.508 e. The van der Waals surface area contributed by atoms with Crippen molar-refractivity contribution in [1.82, 2.24) is 16.0 Å². The number of amides is 3. The molecular formula is C21H30N4O8S. The Morgan fingerprint density at radius 1 is 0.912 bits per heavy atom. The Morgan fingerprint density at radius 3 is 1.97 bits per heavy atom. The van der Waals surface area contributed by atoms with E-state index in [1.807, 2.05) is 6.26 Å². The van der Waals surface area contributed by atoms with E-state index < -0.39 is 54.2 Å². The number of benzene rings is 1. The molecule has 3 atom stereocenters. The van der Waals surface area contributed by atoms with Gasteiger partial charge in [0.25, 0.3) is 0 Å². The first-order chi connectivity index (χ1) is 16.1. The van der Waals surface area contributed by atoms with E-state index in [0.717, 1.165) is 0 Å². The van der Waals surface area contributed by atoms with Crippen molar-refractivity contribution in [2.24, 2.45) is 5.73 Å². The summed E-state index contributed by atoms with van der Waals surface area (Å²) in [6, 6.07) is 2.01. The summed E-state index contributed by atoms with van der Waals surface area (Å²) in [6.45, 7) is -0.344. The summed E-state index contributed by atoms with van der Waals surface area (Å²) in [5.41, 5.74) is 5.81. The van der Waals surface area contributed by atoms with Gasteiger partial charge in [-0.15, -0.1) is 0 Å². The van der Waals surface area contributed by atoms with Crippen molar-refractivity contribution in [1.29, 1.82) is 0 Å². The number of phenols is 1. The summed E-state index contributed by atoms with van der Waals surface area (Å²) in [7, 11) is 0. The zero-order valence-electron chi connectivity index (χ0n) is 18.7. The van der Waals surface area contributed by atoms with Crippen LogP contribution >= 0.6 is 11.8 Å². The van der Waals surface area contributed by atoms with Crippen LogP contribution in [0.5, 0.6) is 5.75 Å². The van der Waals surface area contributed by atoms with E-state index in [9.17, 15) is 34.2 Å². The van der Waals surface area contributed by atoms with Crippen LogP contribution in [0.1, 0.15) is 24.8 Å². The van der Waals surface area contributed by atoms with Gasteiger partial charge in [-0.2, -0.15) is 11.8 Å². The van der Waals surface area contributed by atoms with Gasteiger partial charge in [0.1, 0.15) is 23.9 Å². The van der Waals surface area contributed by atoms with Gasteiger partial charge in [0.15, 0.2) is 0 Å². The molecule has 1 aromatic rings. The van der Waals surface area contributed by atoms with E-state index in [-0.39, 0.29) is 31.6 Å². The van der Waals surface area contributed by atoms with Crippen LogP contribution in [0.4, 0.5) is 0 Å². The molecule has 3 unspecified atom stereocenters. The molecular weight excluding hydrogens is 468 g/mol. The standard InChI is InChI=1S/C21H30N4O8S/c1-34-9-8-15(23-17(27)11-22)20(31)24-14(6-7-18(28)29)19(30)25-16(21(32)33)10-12-2-4-13(26)5-3-12/h2-5,14-16,26H,6-11,22H2,1H3,(H,23,27)(H,24,31)(H,25,30)(H,28,29)(H,32,33). The molecule has 0 spiro atoms. The van der Waals surface area contributed by atoms with Crippen molar-refractivity contribution < 1.29 is 39.3 Å². The van der Waals surface area contributed by atoms with Crippen molar-refractivity contribution in [2.45, 2.75) is 43.8 Å². The Kier molecular flexibility index (Phi) is 12.5. The van der Waals surface area contributed by atoms with E-state index in [1.165, 1.54) is 36.0 Å². The topological polar surface area (TPSA) is 208 Å². The van der Waals surface area contributed by atoms with E-state index in [1.54, 1.807) is 0 Å². The number of nitrogens with one attached hydrogen (secondary N) is 3. The molecule has 1 rings (SSSR count). The molecule has 8 N–H and O–H groups in total. The Balaban J connectivity index is 2.98. The minimum Gasteiger partial charge on any atom is -0.508 e. The maximum Gasteiger partial charge on any atom is 0.326 e. The van der Waals surface area contributed by atoms with Gasteiger partial charge in [-0.3, -0.25) is 19.2 Å². The molecule has 0 heterocycles. The van der Waals surface area contributed by atoms with Gasteiger partial charge < -0.3 is 37.0 Å². The molecule has 12 nitrogen and oxygen atoms in total. The highest BCUT2D eigenvalue weighted by atomic mass is 32.2. The van der Waals surface area contributed by atoms with Crippen molar-refractivity contribution in [2.75, 3.05) is 18.6 Å². The number of phenolic OH excluding ortho intramolecular Hbond substituents is 1. The van der Waals surface area contributed by atoms with Crippen molar-refractivity contribution in [3.63, 3.8) is 0 Å². The third-order valence-electron chi connectivity index (χ3n) is 4.72. The Bertz CT molecular complexity index is 865. The first-order valence-corrected chi connectivity index (χ1v) is 11.8. The van der Waals surface area contributed by atoms with Gasteiger partial charge in [0.2, 0.25) is 17.7 Å². The van der Waals surface area contributed by atoms with Crippen LogP contribution in [-0.2, 0) is 30.4 Å². The van der Waals surface area contributed by atoms with Gasteiger partial charge in [0, 0.05) is 12.8 Å². The molecule has 0 saturated heterocycles. The van der Waals surface area contributed by atoms with E-state index in [0.29, 0.717) is 11.3 Å². The van der Waals surface area contributed by atoms with Crippen molar-refractivity contribution in [3.8, 4) is 5.75 Å². The Morgan fingerprint density at radius 2 is 1.47 bits per heavy atom. The third kappa shape index (κ3) is 10.5. The first kappa shape index (κ1) is 28.7. The third-order valence-corrected chi connectivity index (χ3v) is 5.36. The summed E-state index contributed by atoms with van der Waals surface area (Å²) in [5.74, 6) is -4.20. The monoisotopic (exact) mass is 498 g/mol. The number of carbonyl (C=O) groups excluding carboxylic acids is 3. The molecule has 0 aliphatic rings. The first-order valence-electron chi connectivity index (χ1n) is 10.4. The molecule has 0 aromatic heterocycles. The molecule has 13 heteroatoms. The molecule has 0 aliphatic heterocycles. The molecule has 0 bridgehead atoms. The fourth-order valence-corrected chi connectivity index (χ4v) is 3.38. The van der Waals surface area contributed by atoms with Crippen LogP contribution in [0.2, 0.25) is 0 Å². The Labute approximate surface area is 200 Å². The second kappa shape index (κ2) is 14.8. The zero-order valence-corrected chi connectivity index (χ0v) is 19.5. The molecule has 0 aliphatic carbocycles. The number of hydrogen-bond donors (Lipinski definition) is 7. The number of hydrogen-bond acceptors (Lipinski definition) is 8. The molecule has 3 amide bonds. The summed E-state index contributed by atoms with van der Waals surface area (Å²) >= 11 is 1.43. The highest BCUT2D eigenvalue weighted by Gasteiger charge is 2.29. The van der Waals surface area contributed by atoms with Crippen molar-refractivity contribution >= 4 is 41.4 Å². The number of carboxylic acids is 2. The minimum absolute atomic E-state index is 0.00568. The van der Waals surface area contributed by atoms with E-state index >= 15 is 0 Å². The van der Waals surface area contributed by atoms with Gasteiger partial charge in [0.05, 0.1) is 6.54 Å². The predicted molar refractivity (Wildman–Crippen MR) is 124 cm³/mol. The molecule has 34 heavy (non-hydrogen) atoms. The van der Waals surface area contributed by atoms with Crippen LogP contribution in [-0.4, -0.2) is 81.7 Å². The maximum absolute atomic E-state index is 12.8. The van der Waals surface area contributed by atoms with Gasteiger partial charge >= 0.3 is 11.9 Å². The summed E-state index contributed by atoms with van der Waals surface area (Å²) in [4.78, 5) is 60.0. The van der Waals surface area contributed by atoms with Crippen LogP contribution in [0.3, 0.4) is 0 Å². The van der Waals surface area contributed by atoms with Crippen molar-refractivity contribution in [3.05, 3.63) is 29.8 Å². The number of nitrogens with two attached hydrogens (primary N) is 1. The normalized spacial score (nSPS) is 13.2. The van der Waals surface area contributed by atoms with Crippen LogP contribution < -0.4 is 21.7 Å². The van der Waals surface area contributed by atoms with E-state index in [2.05, 4.69) is 16.0 Å². The zero-order chi connectivity index (χ0) is 25.7. The fraction of sp³-hybridized carbons (Fsp3) is 0.476. The highest BCUT2D eigenvalue weighted by molar-refractivity contribution is 7.98. The van der Waals surface area contributed by atoms with Crippen LogP contribution in [0, 0.1) is 0 Å². The lowest BCUT2D eigenvalue weighted by Crippen LogP contribution is -2.56. The minimum atomic E-state index is -1.37. The average Bonchev–Trinajstić information content (AvgIpc) is 2.79. The lowest BCUT2D eigenvalue weighted by Gasteiger charge is -2.24. The summed E-state index contributed by atoms with van der Waals surface area (Å²) in [6.07, 6.45) is 1.19. The molecule has 0 saturated carbocycles. The van der Waals surface area contributed by atoms with Crippen LogP contribution in [0.15, 0.2) is 24.3 Å². The average molecular weight is 499 g/mol. The van der Waals surface area contributed by atoms with Gasteiger partial charge in [-0.25, -0.2) is 4.79 Å². The predicted octanol–water partition coefficient (Wildman–Crippen LogP) is -0.950. The fourth-order valence-electron chi connectivity index (χ4n) is 2.91. The number of aromatic hydroxyl groups is 1. The lowest BCUT2D eigenvalue weighted by molar-refractivity contribution is -0.143. The molecule has 1 aromatic carbocycles. The smallest absolute Gasteiger partial charge is 0.326 e. The van der Waals surface area contributed by atoms with Gasteiger partial charge in [-0.05, 0) is 42.5 Å². The lowest BCUT2D eigenvalue weighted by atomic mass is 10.0. The number of rotatable bonds is 15.